The lowest BCUT2D eigenvalue weighted by Gasteiger charge is -2.20. The Morgan fingerprint density at radius 2 is 1.70 bits per heavy atom. The van der Waals surface area contributed by atoms with Gasteiger partial charge >= 0.3 is 6.03 Å². The highest BCUT2D eigenvalue weighted by molar-refractivity contribution is 5.95. The first-order chi connectivity index (χ1) is 12.8. The molecule has 2 atom stereocenters. The van der Waals surface area contributed by atoms with Gasteiger partial charge in [-0.25, -0.2) is 18.0 Å². The van der Waals surface area contributed by atoms with Crippen LogP contribution < -0.4 is 10.6 Å². The second kappa shape index (κ2) is 7.30. The van der Waals surface area contributed by atoms with Crippen LogP contribution in [0.1, 0.15) is 17.0 Å². The average Bonchev–Trinajstić information content (AvgIpc) is 2.84. The van der Waals surface area contributed by atoms with Crippen molar-refractivity contribution in [3.63, 3.8) is 0 Å². The summed E-state index contributed by atoms with van der Waals surface area (Å²) in [7, 11) is 1.50. The molecule has 2 N–H and O–H groups in total. The Morgan fingerprint density at radius 1 is 1.11 bits per heavy atom. The molecule has 1 saturated heterocycles. The predicted molar refractivity (Wildman–Crippen MR) is 93.8 cm³/mol. The van der Waals surface area contributed by atoms with Crippen LogP contribution in [0.2, 0.25) is 0 Å². The van der Waals surface area contributed by atoms with Gasteiger partial charge in [0, 0.05) is 30.8 Å². The molecule has 1 heterocycles. The number of aryl methyl sites for hydroxylation is 1. The van der Waals surface area contributed by atoms with Gasteiger partial charge in [0.25, 0.3) is 0 Å². The Bertz CT molecular complexity index is 863. The minimum Gasteiger partial charge on any atom is -0.343 e. The maximum Gasteiger partial charge on any atom is 0.319 e. The van der Waals surface area contributed by atoms with E-state index in [9.17, 15) is 22.8 Å². The zero-order valence-corrected chi connectivity index (χ0v) is 14.7. The molecule has 0 spiro atoms. The highest BCUT2D eigenvalue weighted by Crippen LogP contribution is 2.32. The summed E-state index contributed by atoms with van der Waals surface area (Å²) >= 11 is 0. The van der Waals surface area contributed by atoms with Crippen LogP contribution in [0.3, 0.4) is 0 Å². The number of halogens is 3. The number of hydrogen-bond donors (Lipinski definition) is 2. The van der Waals surface area contributed by atoms with E-state index in [0.29, 0.717) is 11.3 Å². The summed E-state index contributed by atoms with van der Waals surface area (Å²) in [5, 5.41) is 4.94. The minimum atomic E-state index is -1.12. The summed E-state index contributed by atoms with van der Waals surface area (Å²) in [4.78, 5) is 25.9. The average molecular weight is 377 g/mol. The van der Waals surface area contributed by atoms with E-state index in [1.54, 1.807) is 6.92 Å². The Morgan fingerprint density at radius 3 is 2.30 bits per heavy atom. The van der Waals surface area contributed by atoms with E-state index in [0.717, 1.165) is 0 Å². The number of nitrogens with one attached hydrogen (secondary N) is 2. The van der Waals surface area contributed by atoms with Crippen molar-refractivity contribution in [3.8, 4) is 0 Å². The third-order valence-corrected chi connectivity index (χ3v) is 4.50. The molecule has 3 rings (SSSR count). The molecule has 1 aliphatic rings. The molecule has 2 aromatic carbocycles. The highest BCUT2D eigenvalue weighted by atomic mass is 19.1. The summed E-state index contributed by atoms with van der Waals surface area (Å²) in [6.07, 6.45) is 0. The number of anilines is 1. The number of nitrogens with zero attached hydrogens (tertiary/aromatic N) is 1. The molecule has 0 aromatic heterocycles. The van der Waals surface area contributed by atoms with Crippen molar-refractivity contribution in [1.29, 1.82) is 0 Å². The normalized spacial score (nSPS) is 19.3. The van der Waals surface area contributed by atoms with E-state index >= 15 is 0 Å². The third-order valence-electron chi connectivity index (χ3n) is 4.50. The van der Waals surface area contributed by atoms with Gasteiger partial charge < -0.3 is 15.5 Å². The topological polar surface area (TPSA) is 61.4 Å². The molecule has 0 aliphatic carbocycles. The maximum atomic E-state index is 14.4. The summed E-state index contributed by atoms with van der Waals surface area (Å²) in [6.45, 7) is 1.63. The first-order valence-electron chi connectivity index (χ1n) is 8.30. The second-order valence-electron chi connectivity index (χ2n) is 6.55. The van der Waals surface area contributed by atoms with Crippen molar-refractivity contribution in [2.75, 3.05) is 18.9 Å². The molecular formula is C19H18F3N3O2. The van der Waals surface area contributed by atoms with Crippen LogP contribution in [-0.4, -0.2) is 36.5 Å². The lowest BCUT2D eigenvalue weighted by molar-refractivity contribution is -0.128. The van der Waals surface area contributed by atoms with Gasteiger partial charge in [0.15, 0.2) is 0 Å². The van der Waals surface area contributed by atoms with Crippen LogP contribution in [0.5, 0.6) is 0 Å². The Hall–Kier alpha value is -3.03. The fourth-order valence-electron chi connectivity index (χ4n) is 3.23. The van der Waals surface area contributed by atoms with Crippen LogP contribution in [-0.2, 0) is 4.79 Å². The number of carbonyl (C=O) groups is 2. The molecule has 0 saturated carbocycles. The zero-order chi connectivity index (χ0) is 19.7. The van der Waals surface area contributed by atoms with E-state index in [2.05, 4.69) is 10.6 Å². The summed E-state index contributed by atoms with van der Waals surface area (Å²) < 4.78 is 41.7. The molecule has 1 fully saturated rings. The van der Waals surface area contributed by atoms with Gasteiger partial charge in [-0.05, 0) is 48.9 Å². The van der Waals surface area contributed by atoms with E-state index in [1.165, 1.54) is 48.3 Å². The number of likely N-dealkylation sites (tertiary alicyclic amines) is 1. The zero-order valence-electron chi connectivity index (χ0n) is 14.7. The van der Waals surface area contributed by atoms with Crippen LogP contribution in [0.15, 0.2) is 36.4 Å². The number of carbonyl (C=O) groups excluding carboxylic acids is 2. The highest BCUT2D eigenvalue weighted by Gasteiger charge is 2.42. The minimum absolute atomic E-state index is 0.0667. The number of hydrogen-bond acceptors (Lipinski definition) is 2. The number of amides is 3. The fourth-order valence-corrected chi connectivity index (χ4v) is 3.23. The predicted octanol–water partition coefficient (Wildman–Crippen LogP) is 3.16. The molecule has 1 aliphatic heterocycles. The Kier molecular flexibility index (Phi) is 5.07. The summed E-state index contributed by atoms with van der Waals surface area (Å²) in [5.41, 5.74) is 0.507. The molecule has 142 valence electrons. The molecule has 3 amide bonds. The van der Waals surface area contributed by atoms with Crippen LogP contribution in [0, 0.1) is 24.4 Å². The smallest absolute Gasteiger partial charge is 0.319 e. The first-order valence-corrected chi connectivity index (χ1v) is 8.30. The van der Waals surface area contributed by atoms with Crippen LogP contribution in [0.4, 0.5) is 23.7 Å². The number of benzene rings is 2. The van der Waals surface area contributed by atoms with Crippen molar-refractivity contribution < 1.29 is 22.8 Å². The first kappa shape index (κ1) is 18.8. The molecule has 0 radical (unpaired) electrons. The van der Waals surface area contributed by atoms with Crippen molar-refractivity contribution in [2.24, 2.45) is 0 Å². The Balaban J connectivity index is 1.82. The number of likely N-dealkylation sites (N-methyl/N-ethyl adjacent to an activating group) is 1. The van der Waals surface area contributed by atoms with Gasteiger partial charge in [-0.1, -0.05) is 0 Å². The van der Waals surface area contributed by atoms with Gasteiger partial charge in [0.05, 0.1) is 0 Å². The SMILES string of the molecule is Cc1cc(F)c([C@@H]2CN(C)C(=O)[C@H]2NC(=O)Nc2ccc(F)cc2)c(F)c1. The van der Waals surface area contributed by atoms with E-state index < -0.39 is 41.3 Å². The van der Waals surface area contributed by atoms with Gasteiger partial charge in [0.2, 0.25) is 5.91 Å². The van der Waals surface area contributed by atoms with E-state index in [4.69, 9.17) is 0 Å². The van der Waals surface area contributed by atoms with Gasteiger partial charge in [-0.15, -0.1) is 0 Å². The molecular weight excluding hydrogens is 359 g/mol. The van der Waals surface area contributed by atoms with Crippen LogP contribution in [0.25, 0.3) is 0 Å². The van der Waals surface area contributed by atoms with Crippen molar-refractivity contribution in [2.45, 2.75) is 18.9 Å². The van der Waals surface area contributed by atoms with Crippen molar-refractivity contribution in [1.82, 2.24) is 10.2 Å². The second-order valence-corrected chi connectivity index (χ2v) is 6.55. The van der Waals surface area contributed by atoms with Gasteiger partial charge in [-0.2, -0.15) is 0 Å². The number of urea groups is 1. The third kappa shape index (κ3) is 3.89. The van der Waals surface area contributed by atoms with E-state index in [1.807, 2.05) is 0 Å². The van der Waals surface area contributed by atoms with Crippen molar-refractivity contribution in [3.05, 3.63) is 65.0 Å². The standard InChI is InChI=1S/C19H18F3N3O2/c1-10-7-14(21)16(15(22)8-10)13-9-25(2)18(26)17(13)24-19(27)23-12-5-3-11(20)4-6-12/h3-8,13,17H,9H2,1-2H3,(H2,23,24,27)/t13-,17-/m0/s1. The molecule has 8 heteroatoms. The Labute approximate surface area is 154 Å². The van der Waals surface area contributed by atoms with Crippen molar-refractivity contribution >= 4 is 17.6 Å². The quantitative estimate of drug-likeness (QED) is 0.863. The number of rotatable bonds is 3. The van der Waals surface area contributed by atoms with E-state index in [-0.39, 0.29) is 12.1 Å². The molecule has 2 aromatic rings. The van der Waals surface area contributed by atoms with Gasteiger partial charge in [0.1, 0.15) is 23.5 Å². The lowest BCUT2D eigenvalue weighted by atomic mass is 9.92. The summed E-state index contributed by atoms with van der Waals surface area (Å²) in [5.74, 6) is -3.30. The maximum absolute atomic E-state index is 14.4. The molecule has 5 nitrogen and oxygen atoms in total. The van der Waals surface area contributed by atoms with Gasteiger partial charge in [-0.3, -0.25) is 4.79 Å². The lowest BCUT2D eigenvalue weighted by Crippen LogP contribution is -2.45. The van der Waals surface area contributed by atoms with Crippen LogP contribution >= 0.6 is 0 Å². The molecule has 0 bridgehead atoms. The largest absolute Gasteiger partial charge is 0.343 e. The molecule has 0 unspecified atom stereocenters. The molecule has 27 heavy (non-hydrogen) atoms. The fraction of sp³-hybridized carbons (Fsp3) is 0.263. The monoisotopic (exact) mass is 377 g/mol. The summed E-state index contributed by atoms with van der Waals surface area (Å²) in [6, 6.07) is 5.58.